The molecule has 1 aromatic rings. The molecule has 0 amide bonds. The normalized spacial score (nSPS) is 19.0. The van der Waals surface area contributed by atoms with E-state index in [-0.39, 0.29) is 17.0 Å². The fraction of sp³-hybridized carbons (Fsp3) is 0.400. The molecule has 0 atom stereocenters. The minimum Gasteiger partial charge on any atom is -0.504 e. The van der Waals surface area contributed by atoms with Crippen LogP contribution < -0.4 is 5.73 Å². The minimum atomic E-state index is -0.312. The van der Waals surface area contributed by atoms with Crippen molar-refractivity contribution in [3.63, 3.8) is 0 Å². The van der Waals surface area contributed by atoms with E-state index in [1.165, 1.54) is 0 Å². The summed E-state index contributed by atoms with van der Waals surface area (Å²) >= 11 is 3.18. The van der Waals surface area contributed by atoms with E-state index < -0.39 is 0 Å². The maximum Gasteiger partial charge on any atom is 0.171 e. The van der Waals surface area contributed by atoms with E-state index >= 15 is 0 Å². The molecule has 14 heavy (non-hydrogen) atoms. The van der Waals surface area contributed by atoms with Gasteiger partial charge in [0.25, 0.3) is 0 Å². The summed E-state index contributed by atoms with van der Waals surface area (Å²) in [6.07, 6.45) is 2.99. The van der Waals surface area contributed by atoms with Gasteiger partial charge < -0.3 is 15.9 Å². The summed E-state index contributed by atoms with van der Waals surface area (Å²) in [4.78, 5) is 0. The molecular weight excluding hydrogens is 246 g/mol. The largest absolute Gasteiger partial charge is 0.504 e. The zero-order valence-corrected chi connectivity index (χ0v) is 9.21. The van der Waals surface area contributed by atoms with Gasteiger partial charge in [-0.3, -0.25) is 0 Å². The van der Waals surface area contributed by atoms with Crippen LogP contribution in [0.25, 0.3) is 0 Å². The molecule has 76 valence electrons. The van der Waals surface area contributed by atoms with E-state index in [0.717, 1.165) is 24.8 Å². The summed E-state index contributed by atoms with van der Waals surface area (Å²) < 4.78 is 0.490. The fourth-order valence-corrected chi connectivity index (χ4v) is 2.17. The number of nitrogens with two attached hydrogens (primary N) is 1. The van der Waals surface area contributed by atoms with Gasteiger partial charge in [0, 0.05) is 5.54 Å². The molecule has 0 heterocycles. The number of halogens is 1. The third kappa shape index (κ3) is 1.38. The predicted octanol–water partition coefficient (Wildman–Crippen LogP) is 2.20. The van der Waals surface area contributed by atoms with Crippen molar-refractivity contribution >= 4 is 15.9 Å². The van der Waals surface area contributed by atoms with Gasteiger partial charge >= 0.3 is 0 Å². The lowest BCUT2D eigenvalue weighted by Crippen LogP contribution is -2.43. The highest BCUT2D eigenvalue weighted by atomic mass is 79.9. The maximum absolute atomic E-state index is 9.43. The lowest BCUT2D eigenvalue weighted by atomic mass is 9.73. The fourth-order valence-electron chi connectivity index (χ4n) is 1.72. The molecule has 0 radical (unpaired) electrons. The first-order valence-corrected chi connectivity index (χ1v) is 5.33. The van der Waals surface area contributed by atoms with Gasteiger partial charge in [0.15, 0.2) is 11.5 Å². The molecular formula is C10H12BrNO2. The monoisotopic (exact) mass is 257 g/mol. The van der Waals surface area contributed by atoms with Crippen LogP contribution in [0, 0.1) is 0 Å². The Bertz CT molecular complexity index is 351. The lowest BCUT2D eigenvalue weighted by molar-refractivity contribution is 0.252. The van der Waals surface area contributed by atoms with E-state index in [2.05, 4.69) is 15.9 Å². The van der Waals surface area contributed by atoms with Crippen molar-refractivity contribution in [2.24, 2.45) is 5.73 Å². The molecule has 0 aliphatic heterocycles. The van der Waals surface area contributed by atoms with Crippen LogP contribution in [0.3, 0.4) is 0 Å². The van der Waals surface area contributed by atoms with Crippen molar-refractivity contribution in [1.82, 2.24) is 0 Å². The Morgan fingerprint density at radius 2 is 1.93 bits per heavy atom. The first-order chi connectivity index (χ1) is 6.53. The molecule has 1 saturated carbocycles. The number of hydrogen-bond donors (Lipinski definition) is 3. The highest BCUT2D eigenvalue weighted by molar-refractivity contribution is 9.10. The first kappa shape index (κ1) is 9.80. The minimum absolute atomic E-state index is 0.119. The third-order valence-corrected chi connectivity index (χ3v) is 3.47. The van der Waals surface area contributed by atoms with Crippen molar-refractivity contribution in [3.8, 4) is 11.5 Å². The predicted molar refractivity (Wildman–Crippen MR) is 57.2 cm³/mol. The highest BCUT2D eigenvalue weighted by Crippen LogP contribution is 2.43. The zero-order chi connectivity index (χ0) is 10.3. The molecule has 1 aromatic carbocycles. The van der Waals surface area contributed by atoms with Gasteiger partial charge in [-0.1, -0.05) is 0 Å². The molecule has 1 aliphatic carbocycles. The van der Waals surface area contributed by atoms with Gasteiger partial charge in [-0.2, -0.15) is 0 Å². The van der Waals surface area contributed by atoms with E-state index in [1.807, 2.05) is 0 Å². The molecule has 0 spiro atoms. The first-order valence-electron chi connectivity index (χ1n) is 4.54. The summed E-state index contributed by atoms with van der Waals surface area (Å²) in [6, 6.07) is 3.31. The van der Waals surface area contributed by atoms with Gasteiger partial charge in [-0.05, 0) is 52.9 Å². The SMILES string of the molecule is NC1(c2cc(O)c(O)c(Br)c2)CCC1. The molecule has 1 fully saturated rings. The van der Waals surface area contributed by atoms with Gasteiger partial charge in [-0.25, -0.2) is 0 Å². The zero-order valence-electron chi connectivity index (χ0n) is 7.63. The van der Waals surface area contributed by atoms with Crippen LogP contribution in [0.2, 0.25) is 0 Å². The van der Waals surface area contributed by atoms with Gasteiger partial charge in [0.05, 0.1) is 4.47 Å². The smallest absolute Gasteiger partial charge is 0.171 e. The second-order valence-corrected chi connectivity index (χ2v) is 4.69. The molecule has 2 rings (SSSR count). The molecule has 0 aromatic heterocycles. The van der Waals surface area contributed by atoms with Crippen LogP contribution in [-0.2, 0) is 5.54 Å². The second-order valence-electron chi connectivity index (χ2n) is 3.84. The average Bonchev–Trinajstić information content (AvgIpc) is 2.09. The van der Waals surface area contributed by atoms with Crippen LogP contribution >= 0.6 is 15.9 Å². The third-order valence-electron chi connectivity index (χ3n) is 2.86. The Morgan fingerprint density at radius 3 is 2.36 bits per heavy atom. The molecule has 0 unspecified atom stereocenters. The summed E-state index contributed by atoms with van der Waals surface area (Å²) in [7, 11) is 0. The molecule has 4 N–H and O–H groups in total. The van der Waals surface area contributed by atoms with Gasteiger partial charge in [-0.15, -0.1) is 0 Å². The Morgan fingerprint density at radius 1 is 1.29 bits per heavy atom. The van der Waals surface area contributed by atoms with E-state index in [4.69, 9.17) is 5.73 Å². The maximum atomic E-state index is 9.43. The molecule has 0 saturated heterocycles. The number of phenols is 2. The van der Waals surface area contributed by atoms with E-state index in [9.17, 15) is 10.2 Å². The Balaban J connectivity index is 2.45. The Hall–Kier alpha value is -0.740. The summed E-state index contributed by atoms with van der Waals surface area (Å²) in [5, 5.41) is 18.8. The van der Waals surface area contributed by atoms with Crippen LogP contribution in [0.5, 0.6) is 11.5 Å². The van der Waals surface area contributed by atoms with E-state index in [1.54, 1.807) is 12.1 Å². The number of benzene rings is 1. The molecule has 3 nitrogen and oxygen atoms in total. The van der Waals surface area contributed by atoms with Crippen LogP contribution in [0.1, 0.15) is 24.8 Å². The van der Waals surface area contributed by atoms with Crippen molar-refractivity contribution in [2.75, 3.05) is 0 Å². The van der Waals surface area contributed by atoms with Crippen molar-refractivity contribution < 1.29 is 10.2 Å². The second kappa shape index (κ2) is 3.14. The summed E-state index contributed by atoms with van der Waals surface area (Å²) in [6.45, 7) is 0. The summed E-state index contributed by atoms with van der Waals surface area (Å²) in [5.41, 5.74) is 6.67. The van der Waals surface area contributed by atoms with Crippen LogP contribution in [0.4, 0.5) is 0 Å². The van der Waals surface area contributed by atoms with Crippen molar-refractivity contribution in [3.05, 3.63) is 22.2 Å². The average molecular weight is 258 g/mol. The summed E-state index contributed by atoms with van der Waals surface area (Å²) in [5.74, 6) is -0.247. The Labute approximate surface area is 90.7 Å². The van der Waals surface area contributed by atoms with Crippen molar-refractivity contribution in [1.29, 1.82) is 0 Å². The molecule has 4 heteroatoms. The van der Waals surface area contributed by atoms with Gasteiger partial charge in [0.1, 0.15) is 0 Å². The number of aromatic hydroxyl groups is 2. The van der Waals surface area contributed by atoms with Gasteiger partial charge in [0.2, 0.25) is 0 Å². The van der Waals surface area contributed by atoms with Crippen LogP contribution in [-0.4, -0.2) is 10.2 Å². The van der Waals surface area contributed by atoms with Crippen LogP contribution in [0.15, 0.2) is 16.6 Å². The number of rotatable bonds is 1. The quantitative estimate of drug-likeness (QED) is 0.676. The Kier molecular flexibility index (Phi) is 2.20. The van der Waals surface area contributed by atoms with Crippen molar-refractivity contribution in [2.45, 2.75) is 24.8 Å². The lowest BCUT2D eigenvalue weighted by Gasteiger charge is -2.38. The highest BCUT2D eigenvalue weighted by Gasteiger charge is 2.35. The molecule has 1 aliphatic rings. The molecule has 0 bridgehead atoms. The number of hydrogen-bond acceptors (Lipinski definition) is 3. The topological polar surface area (TPSA) is 66.5 Å². The van der Waals surface area contributed by atoms with E-state index in [0.29, 0.717) is 4.47 Å². The standard InChI is InChI=1S/C10H12BrNO2/c11-7-4-6(5-8(13)9(7)14)10(12)2-1-3-10/h4-5,13-14H,1-3,12H2. The number of phenolic OH excluding ortho intramolecular Hbond substituents is 2.